The highest BCUT2D eigenvalue weighted by molar-refractivity contribution is 5.81. The van der Waals surface area contributed by atoms with Gasteiger partial charge in [-0.05, 0) is 30.7 Å². The minimum atomic E-state index is -0.350. The number of hydrogen-bond acceptors (Lipinski definition) is 3. The molecule has 1 saturated heterocycles. The highest BCUT2D eigenvalue weighted by Gasteiger charge is 2.31. The number of rotatable bonds is 6. The maximum Gasteiger partial charge on any atom is 0.249 e. The normalized spacial score (nSPS) is 23.2. The Balaban J connectivity index is 2.00. The Hall–Kier alpha value is -1.39. The molecule has 3 atom stereocenters. The van der Waals surface area contributed by atoms with E-state index in [1.807, 2.05) is 18.2 Å². The van der Waals surface area contributed by atoms with Crippen molar-refractivity contribution in [2.45, 2.75) is 51.4 Å². The fourth-order valence-corrected chi connectivity index (χ4v) is 2.77. The van der Waals surface area contributed by atoms with Gasteiger partial charge in [0.1, 0.15) is 6.10 Å². The van der Waals surface area contributed by atoms with Crippen LogP contribution in [0.1, 0.15) is 44.7 Å². The Labute approximate surface area is 127 Å². The molecule has 1 aliphatic rings. The first kappa shape index (κ1) is 16.0. The molecule has 1 aromatic carbocycles. The van der Waals surface area contributed by atoms with Gasteiger partial charge >= 0.3 is 0 Å². The third-order valence-electron chi connectivity index (χ3n) is 3.89. The summed E-state index contributed by atoms with van der Waals surface area (Å²) >= 11 is 0. The Morgan fingerprint density at radius 2 is 2.05 bits per heavy atom. The fourth-order valence-electron chi connectivity index (χ4n) is 2.77. The average molecular weight is 290 g/mol. The molecule has 0 saturated carbocycles. The van der Waals surface area contributed by atoms with Crippen molar-refractivity contribution >= 4 is 5.91 Å². The van der Waals surface area contributed by atoms with E-state index in [0.717, 1.165) is 24.8 Å². The summed E-state index contributed by atoms with van der Waals surface area (Å²) in [7, 11) is 0. The SMILES string of the molecule is CC(C)CC(NC(=O)[C@@H]1CC[C@H](CN)O1)c1ccccc1. The zero-order chi connectivity index (χ0) is 15.2. The van der Waals surface area contributed by atoms with Gasteiger partial charge in [-0.1, -0.05) is 44.2 Å². The van der Waals surface area contributed by atoms with E-state index in [1.54, 1.807) is 0 Å². The summed E-state index contributed by atoms with van der Waals surface area (Å²) in [6.07, 6.45) is 2.23. The second kappa shape index (κ2) is 7.57. The largest absolute Gasteiger partial charge is 0.364 e. The lowest BCUT2D eigenvalue weighted by atomic mass is 9.96. The first-order valence-corrected chi connectivity index (χ1v) is 7.81. The first-order valence-electron chi connectivity index (χ1n) is 7.81. The zero-order valence-electron chi connectivity index (χ0n) is 12.9. The third-order valence-corrected chi connectivity index (χ3v) is 3.89. The van der Waals surface area contributed by atoms with Gasteiger partial charge in [-0.25, -0.2) is 0 Å². The molecule has 116 valence electrons. The lowest BCUT2D eigenvalue weighted by molar-refractivity contribution is -0.132. The van der Waals surface area contributed by atoms with E-state index in [1.165, 1.54) is 0 Å². The van der Waals surface area contributed by atoms with Crippen molar-refractivity contribution in [3.05, 3.63) is 35.9 Å². The van der Waals surface area contributed by atoms with Crippen LogP contribution in [-0.4, -0.2) is 24.7 Å². The molecule has 1 fully saturated rings. The monoisotopic (exact) mass is 290 g/mol. The molecule has 0 bridgehead atoms. The first-order chi connectivity index (χ1) is 10.1. The quantitative estimate of drug-likeness (QED) is 0.845. The van der Waals surface area contributed by atoms with Gasteiger partial charge < -0.3 is 15.8 Å². The summed E-state index contributed by atoms with van der Waals surface area (Å²) in [4.78, 5) is 12.4. The second-order valence-electron chi connectivity index (χ2n) is 6.16. The van der Waals surface area contributed by atoms with Crippen molar-refractivity contribution in [2.24, 2.45) is 11.7 Å². The summed E-state index contributed by atoms with van der Waals surface area (Å²) in [5.41, 5.74) is 6.74. The predicted molar refractivity (Wildman–Crippen MR) is 83.7 cm³/mol. The van der Waals surface area contributed by atoms with E-state index >= 15 is 0 Å². The number of ether oxygens (including phenoxy) is 1. The summed E-state index contributed by atoms with van der Waals surface area (Å²) in [5.74, 6) is 0.497. The molecule has 21 heavy (non-hydrogen) atoms. The number of benzene rings is 1. The minimum Gasteiger partial charge on any atom is -0.364 e. The van der Waals surface area contributed by atoms with Crippen LogP contribution in [0.5, 0.6) is 0 Å². The molecule has 2 rings (SSSR count). The molecule has 1 aromatic rings. The number of hydrogen-bond donors (Lipinski definition) is 2. The van der Waals surface area contributed by atoms with Crippen molar-refractivity contribution < 1.29 is 9.53 Å². The van der Waals surface area contributed by atoms with Crippen molar-refractivity contribution in [1.29, 1.82) is 0 Å². The molecule has 1 aliphatic heterocycles. The smallest absolute Gasteiger partial charge is 0.249 e. The minimum absolute atomic E-state index is 0.0135. The molecule has 1 heterocycles. The molecule has 4 heteroatoms. The molecular weight excluding hydrogens is 264 g/mol. The highest BCUT2D eigenvalue weighted by atomic mass is 16.5. The van der Waals surface area contributed by atoms with Crippen LogP contribution in [0.25, 0.3) is 0 Å². The van der Waals surface area contributed by atoms with E-state index in [9.17, 15) is 4.79 Å². The zero-order valence-corrected chi connectivity index (χ0v) is 12.9. The van der Waals surface area contributed by atoms with Crippen molar-refractivity contribution in [2.75, 3.05) is 6.54 Å². The van der Waals surface area contributed by atoms with Crippen LogP contribution >= 0.6 is 0 Å². The molecule has 0 aromatic heterocycles. The van der Waals surface area contributed by atoms with Gasteiger partial charge in [-0.15, -0.1) is 0 Å². The van der Waals surface area contributed by atoms with Crippen LogP contribution < -0.4 is 11.1 Å². The van der Waals surface area contributed by atoms with E-state index in [4.69, 9.17) is 10.5 Å². The van der Waals surface area contributed by atoms with Crippen LogP contribution in [0.2, 0.25) is 0 Å². The predicted octanol–water partition coefficient (Wildman–Crippen LogP) is 2.40. The van der Waals surface area contributed by atoms with Gasteiger partial charge in [-0.2, -0.15) is 0 Å². The van der Waals surface area contributed by atoms with Gasteiger partial charge in [0.2, 0.25) is 5.91 Å². The molecule has 3 N–H and O–H groups in total. The number of nitrogens with two attached hydrogens (primary N) is 1. The second-order valence-corrected chi connectivity index (χ2v) is 6.16. The summed E-state index contributed by atoms with van der Waals surface area (Å²) in [6.45, 7) is 4.81. The molecule has 4 nitrogen and oxygen atoms in total. The summed E-state index contributed by atoms with van der Waals surface area (Å²) in [5, 5.41) is 3.15. The van der Waals surface area contributed by atoms with Crippen molar-refractivity contribution in [3.63, 3.8) is 0 Å². The van der Waals surface area contributed by atoms with Crippen molar-refractivity contribution in [1.82, 2.24) is 5.32 Å². The van der Waals surface area contributed by atoms with Crippen LogP contribution in [0, 0.1) is 5.92 Å². The van der Waals surface area contributed by atoms with E-state index < -0.39 is 0 Å². The Morgan fingerprint density at radius 1 is 1.33 bits per heavy atom. The van der Waals surface area contributed by atoms with Crippen molar-refractivity contribution in [3.8, 4) is 0 Å². The number of carbonyl (C=O) groups is 1. The lowest BCUT2D eigenvalue weighted by Gasteiger charge is -2.23. The fraction of sp³-hybridized carbons (Fsp3) is 0.588. The Morgan fingerprint density at radius 3 is 2.62 bits per heavy atom. The molecule has 0 spiro atoms. The maximum atomic E-state index is 12.4. The lowest BCUT2D eigenvalue weighted by Crippen LogP contribution is -2.38. The molecular formula is C17H26N2O2. The van der Waals surface area contributed by atoms with Crippen LogP contribution in [-0.2, 0) is 9.53 Å². The van der Waals surface area contributed by atoms with Crippen LogP contribution in [0.15, 0.2) is 30.3 Å². The van der Waals surface area contributed by atoms with Gasteiger partial charge in [0.05, 0.1) is 12.1 Å². The molecule has 0 radical (unpaired) electrons. The number of nitrogens with one attached hydrogen (secondary N) is 1. The van der Waals surface area contributed by atoms with Gasteiger partial charge in [-0.3, -0.25) is 4.79 Å². The Kier molecular flexibility index (Phi) is 5.76. The number of carbonyl (C=O) groups excluding carboxylic acids is 1. The van der Waals surface area contributed by atoms with Gasteiger partial charge in [0.15, 0.2) is 0 Å². The van der Waals surface area contributed by atoms with Gasteiger partial charge in [0, 0.05) is 6.54 Å². The molecule has 1 amide bonds. The molecule has 0 aliphatic carbocycles. The standard InChI is InChI=1S/C17H26N2O2/c1-12(2)10-15(13-6-4-3-5-7-13)19-17(20)16-9-8-14(11-18)21-16/h3-7,12,14-16H,8-11,18H2,1-2H3,(H,19,20)/t14-,15?,16+/m1/s1. The van der Waals surface area contributed by atoms with Gasteiger partial charge in [0.25, 0.3) is 0 Å². The van der Waals surface area contributed by atoms with Crippen LogP contribution in [0.3, 0.4) is 0 Å². The third kappa shape index (κ3) is 4.55. The maximum absolute atomic E-state index is 12.4. The number of amides is 1. The topological polar surface area (TPSA) is 64.4 Å². The van der Waals surface area contributed by atoms with E-state index in [-0.39, 0.29) is 24.2 Å². The van der Waals surface area contributed by atoms with E-state index in [2.05, 4.69) is 31.3 Å². The summed E-state index contributed by atoms with van der Waals surface area (Å²) in [6, 6.07) is 10.2. The highest BCUT2D eigenvalue weighted by Crippen LogP contribution is 2.24. The van der Waals surface area contributed by atoms with Crippen LogP contribution in [0.4, 0.5) is 0 Å². The van der Waals surface area contributed by atoms with E-state index in [0.29, 0.717) is 12.5 Å². The summed E-state index contributed by atoms with van der Waals surface area (Å²) < 4.78 is 5.68. The molecule has 1 unspecified atom stereocenters. The Bertz CT molecular complexity index is 447. The average Bonchev–Trinajstić information content (AvgIpc) is 2.96.